The Bertz CT molecular complexity index is 1070. The first-order chi connectivity index (χ1) is 15.3. The monoisotopic (exact) mass is 530 g/mol. The topological polar surface area (TPSA) is 200 Å². The highest BCUT2D eigenvalue weighted by Crippen LogP contribution is 2.42. The second kappa shape index (κ2) is 11.0. The predicted molar refractivity (Wildman–Crippen MR) is 115 cm³/mol. The molecule has 1 aromatic rings. The zero-order chi connectivity index (χ0) is 25.0. The van der Waals surface area contributed by atoms with E-state index in [-0.39, 0.29) is 40.2 Å². The van der Waals surface area contributed by atoms with E-state index in [1.807, 2.05) is 0 Å². The Labute approximate surface area is 195 Å². The molecule has 2 atom stereocenters. The molecule has 3 N–H and O–H groups in total. The smallest absolute Gasteiger partial charge is 0.410 e. The summed E-state index contributed by atoms with van der Waals surface area (Å²) in [6.07, 6.45) is -2.12. The minimum Gasteiger partial charge on any atom is -0.446 e. The number of hydrogen-bond acceptors (Lipinski definition) is 11. The highest BCUT2D eigenvalue weighted by Gasteiger charge is 2.43. The molecule has 1 unspecified atom stereocenters. The minimum absolute atomic E-state index is 0.0424. The van der Waals surface area contributed by atoms with Crippen LogP contribution in [0.4, 0.5) is 4.79 Å². The molecule has 188 valence electrons. The van der Waals surface area contributed by atoms with Crippen LogP contribution in [0.3, 0.4) is 0 Å². The lowest BCUT2D eigenvalue weighted by Gasteiger charge is -2.37. The summed E-state index contributed by atoms with van der Waals surface area (Å²) in [7, 11) is -6.81. The van der Waals surface area contributed by atoms with Crippen LogP contribution >= 0.6 is 11.3 Å². The van der Waals surface area contributed by atoms with Crippen LogP contribution in [-0.2, 0) is 29.5 Å². The maximum atomic E-state index is 13.1. The maximum absolute atomic E-state index is 13.1. The molecule has 33 heavy (non-hydrogen) atoms. The van der Waals surface area contributed by atoms with E-state index in [4.69, 9.17) is 14.6 Å². The number of aliphatic hydroxyl groups excluding tert-OH is 1. The van der Waals surface area contributed by atoms with E-state index in [1.54, 1.807) is 6.92 Å². The van der Waals surface area contributed by atoms with Crippen molar-refractivity contribution in [2.75, 3.05) is 46.5 Å². The number of nitro groups is 1. The molecule has 1 aliphatic heterocycles. The first-order valence-corrected chi connectivity index (χ1v) is 13.5. The van der Waals surface area contributed by atoms with Crippen molar-refractivity contribution < 1.29 is 41.1 Å². The average molecular weight is 531 g/mol. The number of carbonyl (C=O) groups excluding carboxylic acids is 1. The van der Waals surface area contributed by atoms with Crippen LogP contribution in [-0.4, -0.2) is 94.8 Å². The Morgan fingerprint density at radius 3 is 2.73 bits per heavy atom. The Kier molecular flexibility index (Phi) is 9.14. The third-order valence-corrected chi connectivity index (χ3v) is 9.72. The van der Waals surface area contributed by atoms with Crippen molar-refractivity contribution in [1.29, 1.82) is 0 Å². The van der Waals surface area contributed by atoms with Gasteiger partial charge in [0, 0.05) is 43.8 Å². The molecule has 0 aromatic carbocycles. The van der Waals surface area contributed by atoms with Crippen molar-refractivity contribution in [3.63, 3.8) is 0 Å². The number of carbonyl (C=O) groups is 1. The number of fused-ring (bicyclic) bond motifs is 1. The lowest BCUT2D eigenvalue weighted by Crippen LogP contribution is -2.47. The second-order valence-corrected chi connectivity index (χ2v) is 12.1. The number of nitrogens with two attached hydrogens (primary N) is 1. The summed E-state index contributed by atoms with van der Waals surface area (Å²) in [6, 6.07) is 0.213. The number of sulfonamides is 2. The Morgan fingerprint density at radius 2 is 2.18 bits per heavy atom. The molecule has 0 aliphatic carbocycles. The van der Waals surface area contributed by atoms with Gasteiger partial charge in [0.05, 0.1) is 6.04 Å². The lowest BCUT2D eigenvalue weighted by atomic mass is 10.1. The maximum Gasteiger partial charge on any atom is 0.410 e. The zero-order valence-corrected chi connectivity index (χ0v) is 20.4. The Hall–Kier alpha value is -1.89. The summed E-state index contributed by atoms with van der Waals surface area (Å²) in [5.74, 6) is 0. The van der Waals surface area contributed by atoms with Gasteiger partial charge in [-0.2, -0.15) is 4.31 Å². The number of nitrogens with zero attached hydrogens (tertiary/aromatic N) is 3. The minimum atomic E-state index is -4.21. The summed E-state index contributed by atoms with van der Waals surface area (Å²) in [5.41, 5.74) is 0.0802. The second-order valence-electron chi connectivity index (χ2n) is 7.11. The highest BCUT2D eigenvalue weighted by molar-refractivity contribution is 7.94. The highest BCUT2D eigenvalue weighted by atomic mass is 32.3. The molecular formula is C16H26N4O10S3. The van der Waals surface area contributed by atoms with Crippen LogP contribution in [0.25, 0.3) is 0 Å². The van der Waals surface area contributed by atoms with Crippen LogP contribution in [0.1, 0.15) is 24.9 Å². The Morgan fingerprint density at radius 1 is 1.52 bits per heavy atom. The van der Waals surface area contributed by atoms with E-state index < -0.39 is 56.4 Å². The van der Waals surface area contributed by atoms with Gasteiger partial charge in [0.15, 0.2) is 6.10 Å². The molecule has 2 rings (SSSR count). The van der Waals surface area contributed by atoms with Crippen molar-refractivity contribution in [3.05, 3.63) is 21.7 Å². The lowest BCUT2D eigenvalue weighted by molar-refractivity contribution is -0.490. The van der Waals surface area contributed by atoms with Gasteiger partial charge in [0.1, 0.15) is 15.0 Å². The molecular weight excluding hydrogens is 504 g/mol. The molecule has 14 nitrogen and oxygen atoms in total. The van der Waals surface area contributed by atoms with Gasteiger partial charge in [-0.25, -0.2) is 26.8 Å². The van der Waals surface area contributed by atoms with Crippen LogP contribution in [0.5, 0.6) is 0 Å². The van der Waals surface area contributed by atoms with Gasteiger partial charge in [0.2, 0.25) is 16.6 Å². The number of ether oxygens (including phenoxy) is 2. The fraction of sp³-hybridized carbons (Fsp3) is 0.688. The molecule has 0 saturated carbocycles. The van der Waals surface area contributed by atoms with E-state index in [9.17, 15) is 36.9 Å². The summed E-state index contributed by atoms with van der Waals surface area (Å²) in [5, 5.41) is 25.3. The van der Waals surface area contributed by atoms with Gasteiger partial charge >= 0.3 is 6.09 Å². The number of thiophene rings is 1. The summed E-state index contributed by atoms with van der Waals surface area (Å²) >= 11 is 0.493. The first kappa shape index (κ1) is 27.4. The largest absolute Gasteiger partial charge is 0.446 e. The van der Waals surface area contributed by atoms with Gasteiger partial charge in [-0.1, -0.05) is 0 Å². The van der Waals surface area contributed by atoms with Crippen molar-refractivity contribution >= 4 is 37.5 Å². The number of amides is 1. The van der Waals surface area contributed by atoms with Crippen molar-refractivity contribution in [1.82, 2.24) is 9.21 Å². The SMILES string of the molecule is CCN(C(=O)OCC(O)C[N+](=O)[O-])[C@H]1CN(CCCOC)S(=O)(=O)c2sc(S(N)(=O)=O)cc21. The number of methoxy groups -OCH3 is 1. The third-order valence-electron chi connectivity index (χ3n) is 4.76. The van der Waals surface area contributed by atoms with E-state index >= 15 is 0 Å². The van der Waals surface area contributed by atoms with E-state index in [0.29, 0.717) is 17.8 Å². The number of hydrogen-bond donors (Lipinski definition) is 2. The van der Waals surface area contributed by atoms with Gasteiger partial charge in [0.25, 0.3) is 10.0 Å². The van der Waals surface area contributed by atoms with Gasteiger partial charge in [-0.3, -0.25) is 10.1 Å². The molecule has 17 heteroatoms. The number of rotatable bonds is 11. The molecule has 0 fully saturated rings. The normalized spacial score (nSPS) is 19.0. The molecule has 2 heterocycles. The van der Waals surface area contributed by atoms with Gasteiger partial charge in [-0.15, -0.1) is 11.3 Å². The van der Waals surface area contributed by atoms with Gasteiger partial charge in [-0.05, 0) is 19.4 Å². The van der Waals surface area contributed by atoms with Crippen LogP contribution in [0.15, 0.2) is 14.5 Å². The molecule has 1 aromatic heterocycles. The fourth-order valence-corrected chi connectivity index (χ4v) is 7.55. The summed E-state index contributed by atoms with van der Waals surface area (Å²) in [4.78, 5) is 23.6. The predicted octanol–water partition coefficient (Wildman–Crippen LogP) is -0.426. The third kappa shape index (κ3) is 6.58. The van der Waals surface area contributed by atoms with Crippen LogP contribution < -0.4 is 5.14 Å². The number of aliphatic hydroxyl groups is 1. The average Bonchev–Trinajstić information content (AvgIpc) is 3.17. The van der Waals surface area contributed by atoms with Crippen LogP contribution in [0.2, 0.25) is 0 Å². The zero-order valence-electron chi connectivity index (χ0n) is 17.9. The molecule has 0 saturated heterocycles. The van der Waals surface area contributed by atoms with E-state index in [1.165, 1.54) is 7.11 Å². The standard InChI is InChI=1S/C16H26N4O10S3/c1-3-19(16(22)30-10-11(21)8-20(23)24)13-9-18(5-4-6-29-2)33(27,28)15-12(13)7-14(31-15)32(17,25)26/h7,11,13,21H,3-6,8-10H2,1-2H3,(H2,17,25,26)/t11?,13-/m0/s1. The number of primary sulfonamides is 1. The molecule has 1 amide bonds. The quantitative estimate of drug-likeness (QED) is 0.215. The number of likely N-dealkylation sites (N-methyl/N-ethyl adjacent to an activating group) is 1. The van der Waals surface area contributed by atoms with Crippen molar-refractivity contribution in [3.8, 4) is 0 Å². The summed E-state index contributed by atoms with van der Waals surface area (Å²) in [6.45, 7) is 0.340. The first-order valence-electron chi connectivity index (χ1n) is 9.71. The van der Waals surface area contributed by atoms with E-state index in [0.717, 1.165) is 15.3 Å². The van der Waals surface area contributed by atoms with Crippen LogP contribution in [0, 0.1) is 10.1 Å². The van der Waals surface area contributed by atoms with Crippen molar-refractivity contribution in [2.24, 2.45) is 5.14 Å². The fourth-order valence-electron chi connectivity index (χ4n) is 3.26. The molecule has 1 aliphatic rings. The van der Waals surface area contributed by atoms with Crippen molar-refractivity contribution in [2.45, 2.75) is 33.9 Å². The van der Waals surface area contributed by atoms with E-state index in [2.05, 4.69) is 0 Å². The summed E-state index contributed by atoms with van der Waals surface area (Å²) < 4.78 is 60.4. The molecule has 0 spiro atoms. The Balaban J connectivity index is 2.41. The van der Waals surface area contributed by atoms with Gasteiger partial charge < -0.3 is 19.5 Å². The molecule has 0 bridgehead atoms. The molecule has 0 radical (unpaired) electrons.